The Balaban J connectivity index is 1.56. The molecule has 0 aromatic heterocycles. The Kier molecular flexibility index (Phi) is 8.10. The van der Waals surface area contributed by atoms with Gasteiger partial charge in [-0.15, -0.1) is 11.6 Å². The number of alkyl halides is 1. The molecule has 0 radical (unpaired) electrons. The molecule has 0 unspecified atom stereocenters. The molecule has 0 spiro atoms. The van der Waals surface area contributed by atoms with Gasteiger partial charge in [0.25, 0.3) is 0 Å². The van der Waals surface area contributed by atoms with Gasteiger partial charge in [-0.1, -0.05) is 60.7 Å². The molecule has 6 heteroatoms. The van der Waals surface area contributed by atoms with Crippen molar-refractivity contribution >= 4 is 23.4 Å². The number of nitrogens with one attached hydrogen (secondary N) is 1. The lowest BCUT2D eigenvalue weighted by molar-refractivity contribution is -0.133. The Labute approximate surface area is 190 Å². The van der Waals surface area contributed by atoms with Crippen LogP contribution in [0.15, 0.2) is 60.7 Å². The Morgan fingerprint density at radius 3 is 1.94 bits per heavy atom. The second-order valence-electron chi connectivity index (χ2n) is 8.66. The van der Waals surface area contributed by atoms with Crippen molar-refractivity contribution in [1.82, 2.24) is 15.1 Å². The van der Waals surface area contributed by atoms with Crippen molar-refractivity contribution < 1.29 is 9.59 Å². The Hall–Kier alpha value is -2.37. The highest BCUT2D eigenvalue weighted by Gasteiger charge is 2.29. The van der Waals surface area contributed by atoms with E-state index in [1.165, 1.54) is 11.1 Å². The number of hydrogen-bond acceptors (Lipinski definition) is 3. The van der Waals surface area contributed by atoms with Gasteiger partial charge in [0.05, 0.1) is 11.5 Å². The van der Waals surface area contributed by atoms with Crippen LogP contribution < -0.4 is 5.32 Å². The summed E-state index contributed by atoms with van der Waals surface area (Å²) in [6, 6.07) is 21.2. The highest BCUT2D eigenvalue weighted by atomic mass is 35.5. The van der Waals surface area contributed by atoms with Crippen LogP contribution in [0.5, 0.6) is 0 Å². The highest BCUT2D eigenvalue weighted by Crippen LogP contribution is 2.29. The zero-order valence-electron chi connectivity index (χ0n) is 18.4. The molecule has 2 aromatic carbocycles. The zero-order chi connectivity index (χ0) is 22.3. The molecule has 166 valence electrons. The van der Waals surface area contributed by atoms with Crippen LogP contribution in [0.4, 0.5) is 0 Å². The van der Waals surface area contributed by atoms with Gasteiger partial charge in [0, 0.05) is 45.0 Å². The first kappa shape index (κ1) is 23.3. The zero-order valence-corrected chi connectivity index (χ0v) is 19.1. The number of nitrogens with zero attached hydrogens (tertiary/aromatic N) is 2. The van der Waals surface area contributed by atoms with E-state index in [9.17, 15) is 9.59 Å². The third-order valence-corrected chi connectivity index (χ3v) is 6.50. The van der Waals surface area contributed by atoms with Gasteiger partial charge in [-0.3, -0.25) is 14.5 Å². The number of rotatable bonds is 8. The molecule has 1 fully saturated rings. The summed E-state index contributed by atoms with van der Waals surface area (Å²) in [5.74, 6) is 0.215. The number of benzene rings is 2. The van der Waals surface area contributed by atoms with Crippen molar-refractivity contribution in [2.45, 2.75) is 26.3 Å². The predicted molar refractivity (Wildman–Crippen MR) is 125 cm³/mol. The molecule has 5 nitrogen and oxygen atoms in total. The van der Waals surface area contributed by atoms with Crippen molar-refractivity contribution in [3.8, 4) is 0 Å². The van der Waals surface area contributed by atoms with E-state index in [1.54, 1.807) is 13.8 Å². The number of piperazine rings is 1. The van der Waals surface area contributed by atoms with Crippen LogP contribution in [-0.4, -0.2) is 60.2 Å². The average molecular weight is 442 g/mol. The molecule has 1 aliphatic heterocycles. The third kappa shape index (κ3) is 6.08. The lowest BCUT2D eigenvalue weighted by atomic mass is 9.95. The third-order valence-electron chi connectivity index (χ3n) is 5.84. The molecule has 0 saturated carbocycles. The van der Waals surface area contributed by atoms with Crippen LogP contribution >= 0.6 is 11.6 Å². The number of hydrogen-bond donors (Lipinski definition) is 1. The molecular weight excluding hydrogens is 410 g/mol. The van der Waals surface area contributed by atoms with Crippen molar-refractivity contribution in [2.75, 3.05) is 38.6 Å². The van der Waals surface area contributed by atoms with Crippen LogP contribution in [-0.2, 0) is 9.59 Å². The smallest absolute Gasteiger partial charge is 0.226 e. The molecule has 2 amide bonds. The summed E-state index contributed by atoms with van der Waals surface area (Å²) in [7, 11) is 0. The summed E-state index contributed by atoms with van der Waals surface area (Å²) in [6.45, 7) is 6.94. The molecule has 1 saturated heterocycles. The maximum Gasteiger partial charge on any atom is 0.226 e. The van der Waals surface area contributed by atoms with Crippen LogP contribution in [0.25, 0.3) is 0 Å². The standard InChI is InChI=1S/C25H32ClN3O2/c1-25(2,19-26)24(31)27-14-13-22(30)28-15-17-29(18-16-28)23(20-9-5-3-6-10-20)21-11-7-4-8-12-21/h3-12,23H,13-19H2,1-2H3,(H,27,31). The first-order chi connectivity index (χ1) is 14.9. The minimum atomic E-state index is -0.625. The maximum absolute atomic E-state index is 12.6. The fourth-order valence-electron chi connectivity index (χ4n) is 3.86. The molecule has 0 aliphatic carbocycles. The quantitative estimate of drug-likeness (QED) is 0.635. The van der Waals surface area contributed by atoms with E-state index >= 15 is 0 Å². The van der Waals surface area contributed by atoms with E-state index in [1.807, 2.05) is 17.0 Å². The summed E-state index contributed by atoms with van der Waals surface area (Å²) >= 11 is 5.84. The van der Waals surface area contributed by atoms with Gasteiger partial charge in [-0.25, -0.2) is 0 Å². The fourth-order valence-corrected chi connectivity index (χ4v) is 3.98. The topological polar surface area (TPSA) is 52.7 Å². The van der Waals surface area contributed by atoms with Gasteiger partial charge < -0.3 is 10.2 Å². The van der Waals surface area contributed by atoms with Crippen LogP contribution in [0.1, 0.15) is 37.4 Å². The molecule has 0 atom stereocenters. The van der Waals surface area contributed by atoms with Gasteiger partial charge in [0.15, 0.2) is 0 Å². The van der Waals surface area contributed by atoms with Crippen molar-refractivity contribution in [3.05, 3.63) is 71.8 Å². The van der Waals surface area contributed by atoms with E-state index in [0.717, 1.165) is 13.1 Å². The first-order valence-electron chi connectivity index (χ1n) is 10.9. The molecule has 3 rings (SSSR count). The lowest BCUT2D eigenvalue weighted by Gasteiger charge is -2.40. The van der Waals surface area contributed by atoms with Gasteiger partial charge in [-0.05, 0) is 25.0 Å². The molecular formula is C25H32ClN3O2. The van der Waals surface area contributed by atoms with E-state index in [2.05, 4.69) is 58.7 Å². The monoisotopic (exact) mass is 441 g/mol. The fraction of sp³-hybridized carbons (Fsp3) is 0.440. The molecule has 31 heavy (non-hydrogen) atoms. The minimum Gasteiger partial charge on any atom is -0.355 e. The number of halogens is 1. The normalized spacial score (nSPS) is 15.2. The molecule has 0 bridgehead atoms. The van der Waals surface area contributed by atoms with Gasteiger partial charge in [-0.2, -0.15) is 0 Å². The molecule has 1 N–H and O–H groups in total. The van der Waals surface area contributed by atoms with Crippen molar-refractivity contribution in [1.29, 1.82) is 0 Å². The lowest BCUT2D eigenvalue weighted by Crippen LogP contribution is -2.50. The Bertz CT molecular complexity index is 810. The average Bonchev–Trinajstić information content (AvgIpc) is 2.81. The SMILES string of the molecule is CC(C)(CCl)C(=O)NCCC(=O)N1CCN(C(c2ccccc2)c2ccccc2)CC1. The van der Waals surface area contributed by atoms with Gasteiger partial charge in [0.1, 0.15) is 0 Å². The minimum absolute atomic E-state index is 0.0830. The second-order valence-corrected chi connectivity index (χ2v) is 8.93. The molecule has 2 aromatic rings. The summed E-state index contributed by atoms with van der Waals surface area (Å²) < 4.78 is 0. The number of amides is 2. The van der Waals surface area contributed by atoms with Crippen LogP contribution in [0, 0.1) is 5.41 Å². The highest BCUT2D eigenvalue weighted by molar-refractivity contribution is 6.19. The second kappa shape index (κ2) is 10.8. The maximum atomic E-state index is 12.6. The Morgan fingerprint density at radius 1 is 0.935 bits per heavy atom. The summed E-state index contributed by atoms with van der Waals surface area (Å²) in [4.78, 5) is 29.1. The predicted octanol–water partition coefficient (Wildman–Crippen LogP) is 3.69. The summed E-state index contributed by atoms with van der Waals surface area (Å²) in [6.07, 6.45) is 0.310. The first-order valence-corrected chi connectivity index (χ1v) is 11.4. The van der Waals surface area contributed by atoms with Gasteiger partial charge in [0.2, 0.25) is 11.8 Å². The molecule has 1 heterocycles. The summed E-state index contributed by atoms with van der Waals surface area (Å²) in [5, 5.41) is 2.83. The molecule has 1 aliphatic rings. The number of carbonyl (C=O) groups is 2. The van der Waals surface area contributed by atoms with Crippen LogP contribution in [0.2, 0.25) is 0 Å². The number of carbonyl (C=O) groups excluding carboxylic acids is 2. The van der Waals surface area contributed by atoms with E-state index in [-0.39, 0.29) is 23.7 Å². The van der Waals surface area contributed by atoms with E-state index in [4.69, 9.17) is 11.6 Å². The van der Waals surface area contributed by atoms with E-state index < -0.39 is 5.41 Å². The summed E-state index contributed by atoms with van der Waals surface area (Å²) in [5.41, 5.74) is 1.90. The van der Waals surface area contributed by atoms with E-state index in [0.29, 0.717) is 26.1 Å². The Morgan fingerprint density at radius 2 is 1.45 bits per heavy atom. The van der Waals surface area contributed by atoms with Gasteiger partial charge >= 0.3 is 0 Å². The van der Waals surface area contributed by atoms with Crippen molar-refractivity contribution in [2.24, 2.45) is 5.41 Å². The largest absolute Gasteiger partial charge is 0.355 e. The van der Waals surface area contributed by atoms with Crippen LogP contribution in [0.3, 0.4) is 0 Å². The van der Waals surface area contributed by atoms with Crippen molar-refractivity contribution in [3.63, 3.8) is 0 Å².